The first kappa shape index (κ1) is 14.5. The molecule has 0 aromatic heterocycles. The number of benzene rings is 2. The highest BCUT2D eigenvalue weighted by Gasteiger charge is 2.29. The predicted octanol–water partition coefficient (Wildman–Crippen LogP) is 4.74. The standard InChI is InChI=1S/C14H11F3N2S/c15-14(16,17)20-13-9-5-4-6-11(13)10-18-19-12-7-2-1-3-8-12/h1-10,19H. The summed E-state index contributed by atoms with van der Waals surface area (Å²) in [6.07, 6.45) is 1.38. The number of thioether (sulfide) groups is 1. The van der Waals surface area contributed by atoms with Gasteiger partial charge in [0.2, 0.25) is 0 Å². The van der Waals surface area contributed by atoms with Crippen LogP contribution in [0.25, 0.3) is 0 Å². The van der Waals surface area contributed by atoms with Crippen LogP contribution in [0, 0.1) is 0 Å². The van der Waals surface area contributed by atoms with E-state index >= 15 is 0 Å². The van der Waals surface area contributed by atoms with Crippen LogP contribution in [0.4, 0.5) is 18.9 Å². The predicted molar refractivity (Wildman–Crippen MR) is 76.0 cm³/mol. The van der Waals surface area contributed by atoms with Crippen LogP contribution in [0.1, 0.15) is 5.56 Å². The number of nitrogens with zero attached hydrogens (tertiary/aromatic N) is 1. The molecule has 6 heteroatoms. The van der Waals surface area contributed by atoms with Crippen LogP contribution >= 0.6 is 11.8 Å². The molecule has 0 fully saturated rings. The minimum absolute atomic E-state index is 0.124. The lowest BCUT2D eigenvalue weighted by atomic mass is 10.2. The van der Waals surface area contributed by atoms with Gasteiger partial charge in [-0.15, -0.1) is 0 Å². The van der Waals surface area contributed by atoms with Crippen LogP contribution in [0.3, 0.4) is 0 Å². The lowest BCUT2D eigenvalue weighted by Gasteiger charge is -2.08. The van der Waals surface area contributed by atoms with E-state index in [4.69, 9.17) is 0 Å². The molecule has 0 atom stereocenters. The van der Waals surface area contributed by atoms with Gasteiger partial charge in [-0.3, -0.25) is 5.43 Å². The Morgan fingerprint density at radius 1 is 0.950 bits per heavy atom. The van der Waals surface area contributed by atoms with E-state index in [0.29, 0.717) is 5.56 Å². The van der Waals surface area contributed by atoms with Crippen molar-refractivity contribution in [2.24, 2.45) is 5.10 Å². The molecule has 1 N–H and O–H groups in total. The van der Waals surface area contributed by atoms with Crippen molar-refractivity contribution in [1.82, 2.24) is 0 Å². The van der Waals surface area contributed by atoms with Gasteiger partial charge in [0.05, 0.1) is 11.9 Å². The highest BCUT2D eigenvalue weighted by molar-refractivity contribution is 8.00. The van der Waals surface area contributed by atoms with E-state index in [-0.39, 0.29) is 16.7 Å². The molecule has 0 aliphatic carbocycles. The summed E-state index contributed by atoms with van der Waals surface area (Å²) in [5.74, 6) is 0. The molecular weight excluding hydrogens is 285 g/mol. The van der Waals surface area contributed by atoms with Gasteiger partial charge in [-0.2, -0.15) is 18.3 Å². The first-order valence-electron chi connectivity index (χ1n) is 5.73. The fourth-order valence-corrected chi connectivity index (χ4v) is 2.13. The summed E-state index contributed by atoms with van der Waals surface area (Å²) in [5, 5.41) is 3.95. The normalized spacial score (nSPS) is 11.8. The summed E-state index contributed by atoms with van der Waals surface area (Å²) in [5.41, 5.74) is -0.363. The first-order valence-corrected chi connectivity index (χ1v) is 6.55. The van der Waals surface area contributed by atoms with Gasteiger partial charge in [0, 0.05) is 10.5 Å². The van der Waals surface area contributed by atoms with Gasteiger partial charge in [-0.05, 0) is 30.0 Å². The molecule has 2 aromatic rings. The zero-order valence-corrected chi connectivity index (χ0v) is 11.1. The fourth-order valence-electron chi connectivity index (χ4n) is 1.49. The maximum Gasteiger partial charge on any atom is 0.446 e. The topological polar surface area (TPSA) is 24.4 Å². The van der Waals surface area contributed by atoms with E-state index in [2.05, 4.69) is 10.5 Å². The lowest BCUT2D eigenvalue weighted by Crippen LogP contribution is -2.01. The molecule has 0 aliphatic heterocycles. The molecule has 0 bridgehead atoms. The number of hydrogen-bond donors (Lipinski definition) is 1. The minimum atomic E-state index is -4.31. The van der Waals surface area contributed by atoms with Crippen LogP contribution in [0.5, 0.6) is 0 Å². The van der Waals surface area contributed by atoms with Crippen molar-refractivity contribution in [3.63, 3.8) is 0 Å². The van der Waals surface area contributed by atoms with Crippen LogP contribution in [-0.2, 0) is 0 Å². The third kappa shape index (κ3) is 4.62. The van der Waals surface area contributed by atoms with Crippen molar-refractivity contribution in [3.05, 3.63) is 60.2 Å². The van der Waals surface area contributed by atoms with E-state index < -0.39 is 5.51 Å². The van der Waals surface area contributed by atoms with Crippen molar-refractivity contribution >= 4 is 23.7 Å². The Kier molecular flexibility index (Phi) is 4.68. The van der Waals surface area contributed by atoms with Crippen molar-refractivity contribution in [2.45, 2.75) is 10.4 Å². The monoisotopic (exact) mass is 296 g/mol. The highest BCUT2D eigenvalue weighted by atomic mass is 32.2. The average Bonchev–Trinajstić information content (AvgIpc) is 2.40. The molecular formula is C14H11F3N2S. The summed E-state index contributed by atoms with van der Waals surface area (Å²) in [4.78, 5) is 0.124. The van der Waals surface area contributed by atoms with Crippen molar-refractivity contribution < 1.29 is 13.2 Å². The molecule has 20 heavy (non-hydrogen) atoms. The minimum Gasteiger partial charge on any atom is -0.279 e. The Morgan fingerprint density at radius 3 is 2.30 bits per heavy atom. The summed E-state index contributed by atoms with van der Waals surface area (Å²) in [7, 11) is 0. The summed E-state index contributed by atoms with van der Waals surface area (Å²) in [6, 6.07) is 15.4. The summed E-state index contributed by atoms with van der Waals surface area (Å²) >= 11 is -0.145. The maximum atomic E-state index is 12.4. The number of hydrogen-bond acceptors (Lipinski definition) is 3. The molecule has 0 heterocycles. The fraction of sp³-hybridized carbons (Fsp3) is 0.0714. The number of hydrazone groups is 1. The molecule has 0 saturated heterocycles. The second-order valence-corrected chi connectivity index (χ2v) is 4.93. The van der Waals surface area contributed by atoms with E-state index in [1.54, 1.807) is 18.2 Å². The second kappa shape index (κ2) is 6.47. The Bertz CT molecular complexity index is 582. The maximum absolute atomic E-state index is 12.4. The van der Waals surface area contributed by atoms with Gasteiger partial charge in [-0.25, -0.2) is 0 Å². The number of nitrogens with one attached hydrogen (secondary N) is 1. The summed E-state index contributed by atoms with van der Waals surface area (Å²) in [6.45, 7) is 0. The lowest BCUT2D eigenvalue weighted by molar-refractivity contribution is -0.0328. The summed E-state index contributed by atoms with van der Waals surface area (Å²) < 4.78 is 37.2. The number of halogens is 3. The first-order chi connectivity index (χ1) is 9.54. The Balaban J connectivity index is 2.09. The molecule has 2 rings (SSSR count). The third-order valence-corrected chi connectivity index (χ3v) is 3.14. The van der Waals surface area contributed by atoms with Gasteiger partial charge >= 0.3 is 5.51 Å². The average molecular weight is 296 g/mol. The van der Waals surface area contributed by atoms with Crippen molar-refractivity contribution in [1.29, 1.82) is 0 Å². The number of para-hydroxylation sites is 1. The smallest absolute Gasteiger partial charge is 0.279 e. The highest BCUT2D eigenvalue weighted by Crippen LogP contribution is 2.37. The molecule has 0 saturated carbocycles. The van der Waals surface area contributed by atoms with Crippen LogP contribution in [0.2, 0.25) is 0 Å². The molecule has 0 spiro atoms. The van der Waals surface area contributed by atoms with Crippen molar-refractivity contribution in [2.75, 3.05) is 5.43 Å². The second-order valence-electron chi connectivity index (χ2n) is 3.82. The number of rotatable bonds is 4. The molecule has 2 nitrogen and oxygen atoms in total. The molecule has 104 valence electrons. The zero-order valence-electron chi connectivity index (χ0n) is 10.3. The van der Waals surface area contributed by atoms with E-state index in [0.717, 1.165) is 5.69 Å². The van der Waals surface area contributed by atoms with E-state index in [9.17, 15) is 13.2 Å². The molecule has 0 unspecified atom stereocenters. The van der Waals surface area contributed by atoms with Gasteiger partial charge in [0.15, 0.2) is 0 Å². The molecule has 0 aliphatic rings. The molecule has 2 aromatic carbocycles. The van der Waals surface area contributed by atoms with Crippen molar-refractivity contribution in [3.8, 4) is 0 Å². The van der Waals surface area contributed by atoms with E-state index in [1.165, 1.54) is 12.3 Å². The third-order valence-electron chi connectivity index (χ3n) is 2.32. The Labute approximate surface area is 118 Å². The van der Waals surface area contributed by atoms with Crippen LogP contribution < -0.4 is 5.43 Å². The molecule has 0 amide bonds. The Hall–Kier alpha value is -1.95. The quantitative estimate of drug-likeness (QED) is 0.500. The van der Waals surface area contributed by atoms with Gasteiger partial charge in [0.1, 0.15) is 0 Å². The van der Waals surface area contributed by atoms with Gasteiger partial charge in [0.25, 0.3) is 0 Å². The SMILES string of the molecule is FC(F)(F)Sc1ccccc1C=NNc1ccccc1. The van der Waals surface area contributed by atoms with Gasteiger partial charge in [-0.1, -0.05) is 36.4 Å². The number of alkyl halides is 3. The molecule has 0 radical (unpaired) electrons. The zero-order chi connectivity index (χ0) is 14.4. The van der Waals surface area contributed by atoms with Crippen LogP contribution in [0.15, 0.2) is 64.6 Å². The number of anilines is 1. The Morgan fingerprint density at radius 2 is 1.60 bits per heavy atom. The van der Waals surface area contributed by atoms with Gasteiger partial charge < -0.3 is 0 Å². The van der Waals surface area contributed by atoms with Crippen LogP contribution in [-0.4, -0.2) is 11.7 Å². The van der Waals surface area contributed by atoms with E-state index in [1.807, 2.05) is 30.3 Å². The largest absolute Gasteiger partial charge is 0.446 e.